The Balaban J connectivity index is 1.80. The van der Waals surface area contributed by atoms with Crippen molar-refractivity contribution in [2.24, 2.45) is 5.92 Å². The van der Waals surface area contributed by atoms with Gasteiger partial charge in [0.15, 0.2) is 0 Å². The minimum Gasteiger partial charge on any atom is -0.481 e. The van der Waals surface area contributed by atoms with Crippen molar-refractivity contribution in [1.82, 2.24) is 10.2 Å². The molecule has 1 aliphatic heterocycles. The van der Waals surface area contributed by atoms with Crippen LogP contribution in [-0.2, 0) is 4.79 Å². The van der Waals surface area contributed by atoms with E-state index in [2.05, 4.69) is 5.32 Å². The Bertz CT molecular complexity index is 764. The van der Waals surface area contributed by atoms with Crippen LogP contribution in [0.4, 0.5) is 9.18 Å². The fraction of sp³-hybridized carbons (Fsp3) is 0.300. The average molecular weight is 356 g/mol. The highest BCUT2D eigenvalue weighted by Crippen LogP contribution is 2.24. The lowest BCUT2D eigenvalue weighted by Crippen LogP contribution is -2.48. The number of urea groups is 1. The monoisotopic (exact) mass is 356 g/mol. The molecule has 1 aliphatic rings. The molecule has 2 amide bonds. The third-order valence-corrected chi connectivity index (χ3v) is 4.66. The Morgan fingerprint density at radius 2 is 1.73 bits per heavy atom. The van der Waals surface area contributed by atoms with Crippen LogP contribution in [0, 0.1) is 11.7 Å². The molecule has 2 aromatic rings. The lowest BCUT2D eigenvalue weighted by atomic mass is 9.97. The normalized spacial score (nSPS) is 18.2. The van der Waals surface area contributed by atoms with E-state index in [1.807, 2.05) is 30.3 Å². The molecule has 5 nitrogen and oxygen atoms in total. The topological polar surface area (TPSA) is 69.6 Å². The molecule has 1 saturated heterocycles. The number of hydrogen-bond acceptors (Lipinski definition) is 2. The summed E-state index contributed by atoms with van der Waals surface area (Å²) in [5, 5.41) is 12.2. The molecule has 2 aromatic carbocycles. The maximum Gasteiger partial charge on any atom is 0.318 e. The molecule has 2 atom stereocenters. The highest BCUT2D eigenvalue weighted by molar-refractivity contribution is 5.77. The van der Waals surface area contributed by atoms with Crippen LogP contribution < -0.4 is 5.32 Å². The lowest BCUT2D eigenvalue weighted by molar-refractivity contribution is -0.143. The van der Waals surface area contributed by atoms with E-state index in [-0.39, 0.29) is 18.4 Å². The molecule has 26 heavy (non-hydrogen) atoms. The summed E-state index contributed by atoms with van der Waals surface area (Å²) in [4.78, 5) is 25.5. The van der Waals surface area contributed by atoms with Crippen LogP contribution in [-0.4, -0.2) is 35.1 Å². The lowest BCUT2D eigenvalue weighted by Gasteiger charge is -2.32. The number of halogens is 1. The van der Waals surface area contributed by atoms with E-state index in [0.29, 0.717) is 19.4 Å². The van der Waals surface area contributed by atoms with E-state index in [0.717, 1.165) is 11.1 Å². The third-order valence-electron chi connectivity index (χ3n) is 4.66. The molecule has 0 saturated carbocycles. The largest absolute Gasteiger partial charge is 0.481 e. The van der Waals surface area contributed by atoms with Crippen LogP contribution in [0.2, 0.25) is 0 Å². The number of carbonyl (C=O) groups excluding carboxylic acids is 1. The molecule has 0 aliphatic carbocycles. The third kappa shape index (κ3) is 4.20. The number of hydrogen-bond donors (Lipinski definition) is 2. The molecule has 0 spiro atoms. The van der Waals surface area contributed by atoms with E-state index >= 15 is 0 Å². The van der Waals surface area contributed by atoms with Gasteiger partial charge in [0.25, 0.3) is 0 Å². The van der Waals surface area contributed by atoms with Crippen LogP contribution in [0.25, 0.3) is 0 Å². The van der Waals surface area contributed by atoms with Crippen molar-refractivity contribution in [3.63, 3.8) is 0 Å². The molecule has 0 bridgehead atoms. The van der Waals surface area contributed by atoms with Gasteiger partial charge in [0.1, 0.15) is 5.82 Å². The van der Waals surface area contributed by atoms with E-state index in [4.69, 9.17) is 0 Å². The van der Waals surface area contributed by atoms with Gasteiger partial charge in [0, 0.05) is 13.1 Å². The van der Waals surface area contributed by atoms with Gasteiger partial charge in [0.2, 0.25) is 0 Å². The van der Waals surface area contributed by atoms with Crippen molar-refractivity contribution in [1.29, 1.82) is 0 Å². The number of nitrogens with one attached hydrogen (secondary N) is 1. The fourth-order valence-electron chi connectivity index (χ4n) is 3.24. The number of aliphatic carboxylic acids is 1. The second-order valence-corrected chi connectivity index (χ2v) is 6.47. The van der Waals surface area contributed by atoms with Crippen LogP contribution in [0.3, 0.4) is 0 Å². The number of likely N-dealkylation sites (tertiary alicyclic amines) is 1. The highest BCUT2D eigenvalue weighted by atomic mass is 19.1. The molecule has 6 heteroatoms. The van der Waals surface area contributed by atoms with E-state index < -0.39 is 17.9 Å². The molecule has 1 heterocycles. The summed E-state index contributed by atoms with van der Waals surface area (Å²) in [5.74, 6) is -1.75. The van der Waals surface area contributed by atoms with Crippen molar-refractivity contribution in [2.75, 3.05) is 13.1 Å². The molecule has 136 valence electrons. The van der Waals surface area contributed by atoms with Crippen molar-refractivity contribution in [3.8, 4) is 0 Å². The molecule has 0 radical (unpaired) electrons. The Morgan fingerprint density at radius 1 is 1.08 bits per heavy atom. The maximum absolute atomic E-state index is 13.3. The number of carbonyl (C=O) groups is 2. The van der Waals surface area contributed by atoms with Crippen LogP contribution in [0.5, 0.6) is 0 Å². The fourth-order valence-corrected chi connectivity index (χ4v) is 3.24. The standard InChI is InChI=1S/C20H21FN2O3/c21-17-10-8-15(9-11-17)18(14-5-2-1-3-6-14)22-20(26)23-12-4-7-16(13-23)19(24)25/h1-3,5-6,8-11,16,18H,4,7,12-13H2,(H,22,26)(H,24,25). The summed E-state index contributed by atoms with van der Waals surface area (Å²) in [5.41, 5.74) is 1.64. The zero-order chi connectivity index (χ0) is 18.5. The summed E-state index contributed by atoms with van der Waals surface area (Å²) in [6.07, 6.45) is 1.25. The summed E-state index contributed by atoms with van der Waals surface area (Å²) in [6.45, 7) is 0.729. The van der Waals surface area contributed by atoms with Gasteiger partial charge in [-0.3, -0.25) is 4.79 Å². The summed E-state index contributed by atoms with van der Waals surface area (Å²) in [7, 11) is 0. The average Bonchev–Trinajstić information content (AvgIpc) is 2.67. The maximum atomic E-state index is 13.3. The molecule has 1 fully saturated rings. The van der Waals surface area contributed by atoms with E-state index in [1.165, 1.54) is 12.1 Å². The van der Waals surface area contributed by atoms with Crippen molar-refractivity contribution >= 4 is 12.0 Å². The smallest absolute Gasteiger partial charge is 0.318 e. The Labute approximate surface area is 151 Å². The zero-order valence-corrected chi connectivity index (χ0v) is 14.3. The number of nitrogens with zero attached hydrogens (tertiary/aromatic N) is 1. The van der Waals surface area contributed by atoms with Gasteiger partial charge in [-0.1, -0.05) is 42.5 Å². The van der Waals surface area contributed by atoms with Crippen molar-refractivity contribution in [3.05, 3.63) is 71.5 Å². The molecule has 3 rings (SSSR count). The van der Waals surface area contributed by atoms with E-state index in [9.17, 15) is 19.1 Å². The number of piperidine rings is 1. The minimum atomic E-state index is -0.874. The summed E-state index contributed by atoms with van der Waals surface area (Å²) in [6, 6.07) is 14.7. The second kappa shape index (κ2) is 7.99. The first-order valence-corrected chi connectivity index (χ1v) is 8.63. The first-order valence-electron chi connectivity index (χ1n) is 8.63. The van der Waals surface area contributed by atoms with Crippen molar-refractivity contribution < 1.29 is 19.1 Å². The quantitative estimate of drug-likeness (QED) is 0.882. The molecular weight excluding hydrogens is 335 g/mol. The van der Waals surface area contributed by atoms with Crippen molar-refractivity contribution in [2.45, 2.75) is 18.9 Å². The van der Waals surface area contributed by atoms with Gasteiger partial charge < -0.3 is 15.3 Å². The summed E-state index contributed by atoms with van der Waals surface area (Å²) < 4.78 is 13.3. The van der Waals surface area contributed by atoms with Gasteiger partial charge >= 0.3 is 12.0 Å². The SMILES string of the molecule is O=C(O)C1CCCN(C(=O)NC(c2ccccc2)c2ccc(F)cc2)C1. The van der Waals surface area contributed by atoms with Gasteiger partial charge in [-0.15, -0.1) is 0 Å². The van der Waals surface area contributed by atoms with Gasteiger partial charge in [-0.05, 0) is 36.1 Å². The zero-order valence-electron chi connectivity index (χ0n) is 14.3. The molecular formula is C20H21FN2O3. The Kier molecular flexibility index (Phi) is 5.51. The van der Waals surface area contributed by atoms with Crippen LogP contribution in [0.15, 0.2) is 54.6 Å². The molecule has 2 N–H and O–H groups in total. The first-order chi connectivity index (χ1) is 12.5. The van der Waals surface area contributed by atoms with E-state index in [1.54, 1.807) is 17.0 Å². The minimum absolute atomic E-state index is 0.200. The number of benzene rings is 2. The Hall–Kier alpha value is -2.89. The van der Waals surface area contributed by atoms with Crippen LogP contribution >= 0.6 is 0 Å². The van der Waals surface area contributed by atoms with Gasteiger partial charge in [-0.25, -0.2) is 9.18 Å². The first kappa shape index (κ1) is 17.9. The van der Waals surface area contributed by atoms with Gasteiger partial charge in [-0.2, -0.15) is 0 Å². The second-order valence-electron chi connectivity index (χ2n) is 6.47. The predicted octanol–water partition coefficient (Wildman–Crippen LogP) is 3.42. The highest BCUT2D eigenvalue weighted by Gasteiger charge is 2.29. The molecule has 0 aromatic heterocycles. The number of carboxylic acid groups (broad SMARTS) is 1. The van der Waals surface area contributed by atoms with Crippen LogP contribution in [0.1, 0.15) is 30.0 Å². The predicted molar refractivity (Wildman–Crippen MR) is 95.1 cm³/mol. The Morgan fingerprint density at radius 3 is 2.38 bits per heavy atom. The van der Waals surface area contributed by atoms with Gasteiger partial charge in [0.05, 0.1) is 12.0 Å². The molecule has 2 unspecified atom stereocenters. The summed E-state index contributed by atoms with van der Waals surface area (Å²) >= 11 is 0. The number of amides is 2. The number of carboxylic acids is 1. The number of rotatable bonds is 4.